The minimum atomic E-state index is -0.457. The van der Waals surface area contributed by atoms with E-state index in [1.165, 1.54) is 16.3 Å². The molecule has 86 valence electrons. The molecule has 1 saturated heterocycles. The van der Waals surface area contributed by atoms with E-state index in [1.54, 1.807) is 0 Å². The fourth-order valence-corrected chi connectivity index (χ4v) is 2.05. The van der Waals surface area contributed by atoms with Gasteiger partial charge in [0.2, 0.25) is 11.8 Å². The Morgan fingerprint density at radius 1 is 1.53 bits per heavy atom. The molecule has 1 aliphatic rings. The van der Waals surface area contributed by atoms with E-state index in [2.05, 4.69) is 10.6 Å². The summed E-state index contributed by atoms with van der Waals surface area (Å²) in [6.45, 7) is 1.43. The van der Waals surface area contributed by atoms with Crippen LogP contribution >= 0.6 is 0 Å². The molecule has 0 bridgehead atoms. The smallest absolute Gasteiger partial charge is 0.232 e. The van der Waals surface area contributed by atoms with Gasteiger partial charge in [-0.25, -0.2) is 0 Å². The van der Waals surface area contributed by atoms with Gasteiger partial charge in [0, 0.05) is 23.3 Å². The number of rotatable bonds is 4. The molecule has 0 aromatic rings. The Morgan fingerprint density at radius 3 is 3.07 bits per heavy atom. The van der Waals surface area contributed by atoms with E-state index in [-0.39, 0.29) is 11.8 Å². The highest BCUT2D eigenvalue weighted by Crippen LogP contribution is 2.12. The zero-order valence-corrected chi connectivity index (χ0v) is 11.3. The second-order valence-electron chi connectivity index (χ2n) is 3.98. The molecule has 1 aliphatic heterocycles. The van der Waals surface area contributed by atoms with Crippen LogP contribution in [0.5, 0.6) is 0 Å². The molecule has 2 N–H and O–H groups in total. The van der Waals surface area contributed by atoms with Crippen LogP contribution in [0.3, 0.4) is 0 Å². The topological polar surface area (TPSA) is 58.2 Å². The third kappa shape index (κ3) is 4.03. The minimum Gasteiger partial charge on any atom is -0.355 e. The van der Waals surface area contributed by atoms with Crippen LogP contribution in [0.15, 0.2) is 0 Å². The molecule has 2 amide bonds. The van der Waals surface area contributed by atoms with E-state index in [0.29, 0.717) is 19.5 Å². The van der Waals surface area contributed by atoms with Crippen molar-refractivity contribution in [3.63, 3.8) is 0 Å². The van der Waals surface area contributed by atoms with Gasteiger partial charge in [-0.3, -0.25) is 9.59 Å². The fraction of sp³-hybridized carbons (Fsp3) is 0.800. The number of carbonyl (C=O) groups excluding carboxylic acids is 2. The summed E-state index contributed by atoms with van der Waals surface area (Å²) in [5, 5.41) is 5.61. The van der Waals surface area contributed by atoms with Crippen molar-refractivity contribution in [1.82, 2.24) is 10.6 Å². The van der Waals surface area contributed by atoms with Crippen LogP contribution in [0.25, 0.3) is 0 Å². The van der Waals surface area contributed by atoms with Crippen molar-refractivity contribution in [1.29, 1.82) is 0 Å². The highest BCUT2D eigenvalue weighted by molar-refractivity contribution is 6.08. The summed E-state index contributed by atoms with van der Waals surface area (Å²) in [7, 11) is 1.17. The normalized spacial score (nSPS) is 21.9. The van der Waals surface area contributed by atoms with E-state index >= 15 is 0 Å². The third-order valence-electron chi connectivity index (χ3n) is 2.68. The van der Waals surface area contributed by atoms with Crippen molar-refractivity contribution in [2.45, 2.75) is 31.7 Å². The summed E-state index contributed by atoms with van der Waals surface area (Å²) in [6.07, 6.45) is 3.67. The van der Waals surface area contributed by atoms with Crippen LogP contribution in [0.4, 0.5) is 0 Å². The molecule has 0 saturated carbocycles. The molecule has 0 aliphatic carbocycles. The Kier molecular flexibility index (Phi) is 5.38. The van der Waals surface area contributed by atoms with Gasteiger partial charge in [0.1, 0.15) is 5.92 Å². The molecule has 0 aromatic carbocycles. The van der Waals surface area contributed by atoms with Crippen LogP contribution < -0.4 is 10.6 Å². The molecule has 5 heteroatoms. The van der Waals surface area contributed by atoms with Crippen LogP contribution in [0.2, 0.25) is 6.04 Å². The quantitative estimate of drug-likeness (QED) is 0.376. The largest absolute Gasteiger partial charge is 0.355 e. The van der Waals surface area contributed by atoms with Gasteiger partial charge in [-0.1, -0.05) is 12.5 Å². The lowest BCUT2D eigenvalue weighted by Crippen LogP contribution is -2.40. The number of carbonyl (C=O) groups is 2. The first kappa shape index (κ1) is 12.2. The second-order valence-corrected chi connectivity index (χ2v) is 4.98. The maximum absolute atomic E-state index is 11.7. The molecule has 1 rings (SSSR count). The Morgan fingerprint density at radius 2 is 2.33 bits per heavy atom. The lowest BCUT2D eigenvalue weighted by molar-refractivity contribution is -0.135. The van der Waals surface area contributed by atoms with E-state index in [9.17, 15) is 9.59 Å². The molecule has 1 unspecified atom stereocenters. The summed E-state index contributed by atoms with van der Waals surface area (Å²) in [4.78, 5) is 23.2. The van der Waals surface area contributed by atoms with Crippen LogP contribution in [0.1, 0.15) is 25.7 Å². The number of amides is 2. The van der Waals surface area contributed by atoms with Crippen molar-refractivity contribution >= 4 is 22.1 Å². The van der Waals surface area contributed by atoms with E-state index in [1.807, 2.05) is 0 Å². The molecule has 0 aromatic heterocycles. The molecular formula is C10H20N2O2Si. The van der Waals surface area contributed by atoms with E-state index in [0.717, 1.165) is 19.3 Å². The molecule has 0 spiro atoms. The minimum absolute atomic E-state index is 0.0930. The van der Waals surface area contributed by atoms with Gasteiger partial charge in [-0.15, -0.1) is 0 Å². The molecule has 15 heavy (non-hydrogen) atoms. The van der Waals surface area contributed by atoms with Gasteiger partial charge in [0.25, 0.3) is 0 Å². The first-order valence-corrected chi connectivity index (χ1v) is 7.22. The van der Waals surface area contributed by atoms with Crippen molar-refractivity contribution in [2.24, 2.45) is 5.92 Å². The summed E-state index contributed by atoms with van der Waals surface area (Å²) < 4.78 is 0. The summed E-state index contributed by atoms with van der Waals surface area (Å²) in [6, 6.07) is 1.19. The first-order chi connectivity index (χ1) is 7.25. The number of nitrogens with one attached hydrogen (secondary N) is 2. The molecular weight excluding hydrogens is 208 g/mol. The van der Waals surface area contributed by atoms with Gasteiger partial charge < -0.3 is 10.6 Å². The fourth-order valence-electron chi connectivity index (χ4n) is 1.70. The summed E-state index contributed by atoms with van der Waals surface area (Å²) in [5.74, 6) is -0.651. The van der Waals surface area contributed by atoms with Crippen molar-refractivity contribution in [2.75, 3.05) is 13.1 Å². The lowest BCUT2D eigenvalue weighted by atomic mass is 10.0. The van der Waals surface area contributed by atoms with Crippen molar-refractivity contribution in [3.05, 3.63) is 0 Å². The molecule has 0 radical (unpaired) electrons. The van der Waals surface area contributed by atoms with Crippen LogP contribution in [-0.2, 0) is 9.59 Å². The Hall–Kier alpha value is -0.843. The standard InChI is InChI=1S/C10H20N2O2Si/c13-9-8(4-1-2-5-11-9)10(14)12-6-3-7-15/h8H,1-7H2,15H3,(H,11,13)(H,12,14). The summed E-state index contributed by atoms with van der Waals surface area (Å²) >= 11 is 0. The van der Waals surface area contributed by atoms with E-state index < -0.39 is 5.92 Å². The summed E-state index contributed by atoms with van der Waals surface area (Å²) in [5.41, 5.74) is 0. The van der Waals surface area contributed by atoms with Gasteiger partial charge in [-0.2, -0.15) is 0 Å². The van der Waals surface area contributed by atoms with Gasteiger partial charge in [-0.05, 0) is 19.3 Å². The molecule has 1 heterocycles. The van der Waals surface area contributed by atoms with Crippen LogP contribution in [-0.4, -0.2) is 35.1 Å². The molecule has 1 fully saturated rings. The van der Waals surface area contributed by atoms with Crippen molar-refractivity contribution in [3.8, 4) is 0 Å². The monoisotopic (exact) mass is 228 g/mol. The zero-order chi connectivity index (χ0) is 11.1. The number of hydrogen-bond acceptors (Lipinski definition) is 2. The lowest BCUT2D eigenvalue weighted by Gasteiger charge is -2.12. The van der Waals surface area contributed by atoms with Crippen LogP contribution in [0, 0.1) is 5.92 Å². The zero-order valence-electron chi connectivity index (χ0n) is 9.34. The SMILES string of the molecule is O=C(NCCC[SiH3])C1CCCCNC1=O. The van der Waals surface area contributed by atoms with Gasteiger partial charge >= 0.3 is 0 Å². The predicted molar refractivity (Wildman–Crippen MR) is 62.7 cm³/mol. The Balaban J connectivity index is 2.38. The molecule has 1 atom stereocenters. The number of hydrogen-bond donors (Lipinski definition) is 2. The average molecular weight is 228 g/mol. The maximum atomic E-state index is 11.7. The second kappa shape index (κ2) is 6.61. The average Bonchev–Trinajstić information content (AvgIpc) is 2.43. The van der Waals surface area contributed by atoms with Gasteiger partial charge in [0.05, 0.1) is 0 Å². The van der Waals surface area contributed by atoms with E-state index in [4.69, 9.17) is 0 Å². The maximum Gasteiger partial charge on any atom is 0.232 e. The predicted octanol–water partition coefficient (Wildman–Crippen LogP) is -0.807. The third-order valence-corrected chi connectivity index (χ3v) is 3.39. The van der Waals surface area contributed by atoms with Crippen molar-refractivity contribution < 1.29 is 9.59 Å². The highest BCUT2D eigenvalue weighted by atomic mass is 28.1. The first-order valence-electron chi connectivity index (χ1n) is 5.81. The Bertz CT molecular complexity index is 233. The highest BCUT2D eigenvalue weighted by Gasteiger charge is 2.27. The van der Waals surface area contributed by atoms with Gasteiger partial charge in [0.15, 0.2) is 0 Å². The Labute approximate surface area is 93.6 Å². The molecule has 4 nitrogen and oxygen atoms in total.